The molecule has 0 aliphatic heterocycles. The van der Waals surface area contributed by atoms with Crippen LogP contribution in [0.1, 0.15) is 44.5 Å². The Hall–Kier alpha value is -6.34. The number of aryl methyl sites for hydroxylation is 4. The van der Waals surface area contributed by atoms with E-state index in [-0.39, 0.29) is 43.2 Å². The molecule has 0 aliphatic rings. The number of nitrogens with zero attached hydrogens (tertiary/aromatic N) is 1. The van der Waals surface area contributed by atoms with Gasteiger partial charge in [0, 0.05) is 42.0 Å². The molecule has 6 aromatic rings. The highest BCUT2D eigenvalue weighted by molar-refractivity contribution is 6.84. The summed E-state index contributed by atoms with van der Waals surface area (Å²) in [6, 6.07) is 19.5. The molecular formula is C51H62F2N6O5Si2. The van der Waals surface area contributed by atoms with E-state index in [2.05, 4.69) is 94.9 Å². The number of benzene rings is 4. The Morgan fingerprint density at radius 2 is 1.20 bits per heavy atom. The molecule has 0 saturated carbocycles. The molecule has 348 valence electrons. The number of urea groups is 1. The molecule has 4 aromatic carbocycles. The van der Waals surface area contributed by atoms with Gasteiger partial charge in [-0.2, -0.15) is 0 Å². The van der Waals surface area contributed by atoms with Gasteiger partial charge in [-0.15, -0.1) is 11.1 Å². The van der Waals surface area contributed by atoms with Crippen LogP contribution in [0.3, 0.4) is 0 Å². The number of hydrogen-bond acceptors (Lipinski definition) is 7. The van der Waals surface area contributed by atoms with Gasteiger partial charge >= 0.3 is 6.03 Å². The maximum atomic E-state index is 13.8. The third-order valence-electron chi connectivity index (χ3n) is 9.75. The summed E-state index contributed by atoms with van der Waals surface area (Å²) in [7, 11) is -3.14. The molecule has 0 spiro atoms. The number of aliphatic hydroxyl groups excluding tert-OH is 2. The minimum Gasteiger partial charge on any atom is -0.398 e. The molecular weight excluding hydrogens is 871 g/mol. The first-order chi connectivity index (χ1) is 31.0. The Kier molecular flexibility index (Phi) is 18.4. The van der Waals surface area contributed by atoms with Gasteiger partial charge in [-0.3, -0.25) is 9.59 Å². The van der Waals surface area contributed by atoms with Crippen LogP contribution in [0.5, 0.6) is 0 Å². The smallest absolute Gasteiger partial charge is 0.322 e. The van der Waals surface area contributed by atoms with Crippen LogP contribution in [0.25, 0.3) is 21.8 Å². The molecule has 0 unspecified atom stereocenters. The topological polar surface area (TPSA) is 177 Å². The van der Waals surface area contributed by atoms with E-state index < -0.39 is 28.0 Å². The molecule has 66 heavy (non-hydrogen) atoms. The number of H-pyrrole nitrogens is 2. The zero-order chi connectivity index (χ0) is 48.9. The Morgan fingerprint density at radius 1 is 0.697 bits per heavy atom. The molecule has 6 rings (SSSR count). The van der Waals surface area contributed by atoms with Gasteiger partial charge in [0.2, 0.25) is 0 Å². The molecule has 0 aliphatic carbocycles. The van der Waals surface area contributed by atoms with Gasteiger partial charge in [-0.1, -0.05) is 74.4 Å². The van der Waals surface area contributed by atoms with Gasteiger partial charge in [-0.05, 0) is 110 Å². The fourth-order valence-corrected chi connectivity index (χ4v) is 7.68. The Labute approximate surface area is 387 Å². The molecule has 0 bridgehead atoms. The van der Waals surface area contributed by atoms with Crippen LogP contribution in [0.4, 0.5) is 25.0 Å². The quantitative estimate of drug-likeness (QED) is 0.0330. The maximum Gasteiger partial charge on any atom is 0.322 e. The predicted octanol–water partition coefficient (Wildman–Crippen LogP) is 8.40. The molecule has 15 heteroatoms. The van der Waals surface area contributed by atoms with Crippen molar-refractivity contribution in [1.29, 1.82) is 0 Å². The van der Waals surface area contributed by atoms with Crippen LogP contribution in [0.15, 0.2) is 82.4 Å². The van der Waals surface area contributed by atoms with Gasteiger partial charge in [0.15, 0.2) is 0 Å². The van der Waals surface area contributed by atoms with Gasteiger partial charge in [0.05, 0.1) is 42.0 Å². The first-order valence-electron chi connectivity index (χ1n) is 21.6. The Bertz CT molecular complexity index is 2950. The Morgan fingerprint density at radius 3 is 1.73 bits per heavy atom. The van der Waals surface area contributed by atoms with Crippen molar-refractivity contribution in [2.45, 2.75) is 80.1 Å². The zero-order valence-corrected chi connectivity index (χ0v) is 41.6. The number of aromatic amines is 2. The average molecular weight is 933 g/mol. The molecule has 2 heterocycles. The fourth-order valence-electron chi connectivity index (χ4n) is 6.66. The number of rotatable bonds is 9. The van der Waals surface area contributed by atoms with E-state index in [1.165, 1.54) is 40.8 Å². The van der Waals surface area contributed by atoms with E-state index in [1.807, 2.05) is 45.9 Å². The van der Waals surface area contributed by atoms with Crippen molar-refractivity contribution >= 4 is 55.4 Å². The molecule has 11 nitrogen and oxygen atoms in total. The largest absolute Gasteiger partial charge is 0.398 e. The lowest BCUT2D eigenvalue weighted by Gasteiger charge is -2.22. The van der Waals surface area contributed by atoms with Crippen molar-refractivity contribution in [2.24, 2.45) is 0 Å². The van der Waals surface area contributed by atoms with Gasteiger partial charge < -0.3 is 41.4 Å². The van der Waals surface area contributed by atoms with Crippen LogP contribution in [-0.2, 0) is 13.1 Å². The van der Waals surface area contributed by atoms with Crippen molar-refractivity contribution in [3.05, 3.63) is 150 Å². The number of carbonyl (C=O) groups excluding carboxylic acids is 1. The lowest BCUT2D eigenvalue weighted by molar-refractivity contribution is 0.185. The number of amides is 2. The third-order valence-corrected chi connectivity index (χ3v) is 11.5. The normalized spacial score (nSPS) is 11.0. The lowest BCUT2D eigenvalue weighted by atomic mass is 10.1. The highest BCUT2D eigenvalue weighted by Gasteiger charge is 2.18. The van der Waals surface area contributed by atoms with Crippen molar-refractivity contribution in [3.8, 4) is 22.9 Å². The SMILES string of the molecule is C[Si](C)(C)C#Cc1cc(F)ccc1N.Cc1cc(C)c2[nH]c(=O)c(CN(CCO)C(=O)Nc3ccc(F)cc3C#C[Si](C)(C)C)cc2c1.Cc1cc(C)c2[nH]c(=O)c(CNCCO)cc2c1. The molecule has 0 radical (unpaired) electrons. The summed E-state index contributed by atoms with van der Waals surface area (Å²) < 4.78 is 26.7. The van der Waals surface area contributed by atoms with Crippen molar-refractivity contribution < 1.29 is 23.8 Å². The second kappa shape index (κ2) is 23.2. The number of nitrogens with two attached hydrogens (primary N) is 1. The summed E-state index contributed by atoms with van der Waals surface area (Å²) in [6.07, 6.45) is 0. The van der Waals surface area contributed by atoms with Gasteiger partial charge in [-0.25, -0.2) is 13.6 Å². The van der Waals surface area contributed by atoms with E-state index in [0.717, 1.165) is 38.5 Å². The second-order valence-corrected chi connectivity index (χ2v) is 27.7. The number of anilines is 2. The van der Waals surface area contributed by atoms with Crippen LogP contribution in [0, 0.1) is 62.3 Å². The summed E-state index contributed by atoms with van der Waals surface area (Å²) in [6.45, 7) is 21.4. The fraction of sp³-hybridized carbons (Fsp3) is 0.314. The number of fused-ring (bicyclic) bond motifs is 2. The standard InChI is InChI=1S/C26H30FN3O3Si.C14H18N2O2.C11H14FNSi/c1-17-12-18(2)24-20(13-17)14-21(25(32)29-24)16-30(9-10-31)26(33)28-23-7-6-22(27)15-19(23)8-11-34(3,4)5;1-9-5-10(2)13-11(6-9)7-12(14(18)16-13)8-15-3-4-17;1-14(2,3)7-6-9-8-10(12)4-5-11(9)13/h6-7,12-15,31H,9-10,16H2,1-5H3,(H,28,33)(H,29,32);5-7,15,17H,3-4,8H2,1-2H3,(H,16,18);4-5,8H,13H2,1-3H3. The third kappa shape index (κ3) is 16.0. The number of carbonyl (C=O) groups is 1. The number of pyridine rings is 2. The number of nitrogens with one attached hydrogen (secondary N) is 4. The molecule has 0 fully saturated rings. The zero-order valence-electron chi connectivity index (χ0n) is 39.6. The Balaban J connectivity index is 0.000000247. The minimum atomic E-state index is -1.72. The van der Waals surface area contributed by atoms with E-state index in [1.54, 1.807) is 12.1 Å². The summed E-state index contributed by atoms with van der Waals surface area (Å²) in [5.41, 5.74) is 20.6. The van der Waals surface area contributed by atoms with Gasteiger partial charge in [0.25, 0.3) is 11.1 Å². The summed E-state index contributed by atoms with van der Waals surface area (Å²) >= 11 is 0. The molecule has 0 saturated heterocycles. The number of halogens is 2. The van der Waals surface area contributed by atoms with E-state index >= 15 is 0 Å². The number of aromatic nitrogens is 2. The molecule has 2 amide bonds. The summed E-state index contributed by atoms with van der Waals surface area (Å²) in [5, 5.41) is 25.9. The number of hydrogen-bond donors (Lipinski definition) is 7. The van der Waals surface area contributed by atoms with Gasteiger partial charge in [0.1, 0.15) is 27.8 Å². The van der Waals surface area contributed by atoms with Crippen molar-refractivity contribution in [3.63, 3.8) is 0 Å². The predicted molar refractivity (Wildman–Crippen MR) is 271 cm³/mol. The first-order valence-corrected chi connectivity index (χ1v) is 28.6. The van der Waals surface area contributed by atoms with E-state index in [9.17, 15) is 28.3 Å². The highest BCUT2D eigenvalue weighted by atomic mass is 28.3. The highest BCUT2D eigenvalue weighted by Crippen LogP contribution is 2.21. The lowest BCUT2D eigenvalue weighted by Crippen LogP contribution is -2.38. The number of nitrogen functional groups attached to an aromatic ring is 1. The monoisotopic (exact) mass is 932 g/mol. The van der Waals surface area contributed by atoms with Crippen LogP contribution >= 0.6 is 0 Å². The second-order valence-electron chi connectivity index (χ2n) is 18.2. The molecule has 8 N–H and O–H groups in total. The molecule has 2 aromatic heterocycles. The summed E-state index contributed by atoms with van der Waals surface area (Å²) in [5.74, 6) is 5.20. The summed E-state index contributed by atoms with van der Waals surface area (Å²) in [4.78, 5) is 44.9. The van der Waals surface area contributed by atoms with Crippen LogP contribution in [0.2, 0.25) is 39.3 Å². The minimum absolute atomic E-state index is 0.00175. The van der Waals surface area contributed by atoms with E-state index in [4.69, 9.17) is 10.8 Å². The molecule has 0 atom stereocenters. The first kappa shape index (κ1) is 52.3. The van der Waals surface area contributed by atoms with Crippen LogP contribution < -0.4 is 27.5 Å². The average Bonchev–Trinajstić information content (AvgIpc) is 3.22. The van der Waals surface area contributed by atoms with E-state index in [0.29, 0.717) is 46.7 Å². The van der Waals surface area contributed by atoms with Crippen molar-refractivity contribution in [2.75, 3.05) is 37.4 Å². The van der Waals surface area contributed by atoms with Crippen LogP contribution in [-0.4, -0.2) is 73.6 Å². The maximum absolute atomic E-state index is 13.8. The number of aliphatic hydroxyl groups is 2. The van der Waals surface area contributed by atoms with Crippen molar-refractivity contribution in [1.82, 2.24) is 20.2 Å².